The first-order valence-electron chi connectivity index (χ1n) is 14.6. The second-order valence-corrected chi connectivity index (χ2v) is 11.4. The number of halogens is 7. The van der Waals surface area contributed by atoms with Gasteiger partial charge in [-0.15, -0.1) is 13.2 Å². The lowest BCUT2D eigenvalue weighted by molar-refractivity contribution is -0.274. The Balaban J connectivity index is 1.22. The van der Waals surface area contributed by atoms with Crippen LogP contribution in [-0.4, -0.2) is 12.5 Å². The summed E-state index contributed by atoms with van der Waals surface area (Å²) in [6.45, 7) is 1.91. The molecule has 2 aromatic carbocycles. The summed E-state index contributed by atoms with van der Waals surface area (Å²) in [5.41, 5.74) is 0.857. The zero-order valence-electron chi connectivity index (χ0n) is 23.6. The van der Waals surface area contributed by atoms with Gasteiger partial charge in [0.15, 0.2) is 0 Å². The zero-order chi connectivity index (χ0) is 30.3. The summed E-state index contributed by atoms with van der Waals surface area (Å²) in [6.07, 6.45) is 5.84. The molecule has 2 aromatic rings. The molecule has 42 heavy (non-hydrogen) atoms. The van der Waals surface area contributed by atoms with Crippen LogP contribution >= 0.6 is 0 Å². The van der Waals surface area contributed by atoms with E-state index >= 15 is 0 Å². The van der Waals surface area contributed by atoms with E-state index in [1.54, 1.807) is 0 Å². The standard InChI is InChI=1S/C33H37F7O2/c1-2-3-4-5-24-20-29(34)31(30(35)21-24)25-12-8-22(9-13-25)6-7-23-10-14-26(15-11-23)32(36,37)41-27-16-18-28(19-17-27)42-33(38,39)40/h2-3,6-7,16-23,25-26H,4-5,8-15H2,1H3/b3-2+,7-6+. The summed E-state index contributed by atoms with van der Waals surface area (Å²) < 4.78 is 105. The second-order valence-electron chi connectivity index (χ2n) is 11.4. The van der Waals surface area contributed by atoms with Gasteiger partial charge in [-0.25, -0.2) is 8.78 Å². The van der Waals surface area contributed by atoms with E-state index in [9.17, 15) is 30.7 Å². The highest BCUT2D eigenvalue weighted by Gasteiger charge is 2.44. The van der Waals surface area contributed by atoms with Gasteiger partial charge in [0.05, 0.1) is 5.92 Å². The Kier molecular flexibility index (Phi) is 10.7. The molecule has 0 amide bonds. The Morgan fingerprint density at radius 2 is 1.24 bits per heavy atom. The molecule has 0 bridgehead atoms. The molecule has 2 aliphatic carbocycles. The Bertz CT molecular complexity index is 1180. The second kappa shape index (κ2) is 14.0. The van der Waals surface area contributed by atoms with Crippen molar-refractivity contribution in [3.05, 3.63) is 83.5 Å². The smallest absolute Gasteiger partial charge is 0.432 e. The van der Waals surface area contributed by atoms with Crippen LogP contribution < -0.4 is 9.47 Å². The normalized spacial score (nSPS) is 23.9. The van der Waals surface area contributed by atoms with Crippen LogP contribution in [0.4, 0.5) is 30.7 Å². The minimum atomic E-state index is -4.86. The topological polar surface area (TPSA) is 18.5 Å². The molecule has 0 heterocycles. The summed E-state index contributed by atoms with van der Waals surface area (Å²) in [4.78, 5) is 0. The Labute approximate surface area is 242 Å². The molecule has 2 fully saturated rings. The molecule has 2 nitrogen and oxygen atoms in total. The van der Waals surface area contributed by atoms with E-state index < -0.39 is 35.8 Å². The minimum Gasteiger partial charge on any atom is -0.432 e. The number of hydrogen-bond acceptors (Lipinski definition) is 2. The number of rotatable bonds is 10. The quantitative estimate of drug-likeness (QED) is 0.200. The molecule has 2 saturated carbocycles. The molecule has 4 rings (SSSR count). The summed E-state index contributed by atoms with van der Waals surface area (Å²) in [7, 11) is 0. The number of ether oxygens (including phenoxy) is 2. The summed E-state index contributed by atoms with van der Waals surface area (Å²) in [5, 5.41) is 0. The molecule has 0 aromatic heterocycles. The number of hydrogen-bond donors (Lipinski definition) is 0. The first-order valence-corrected chi connectivity index (χ1v) is 14.6. The van der Waals surface area contributed by atoms with E-state index in [-0.39, 0.29) is 36.0 Å². The fourth-order valence-corrected chi connectivity index (χ4v) is 6.10. The SMILES string of the molecule is C/C=C/CCc1cc(F)c(C2CCC(/C=C/C3CCC(C(F)(F)Oc4ccc(OC(F)(F)F)cc4)CC3)CC2)c(F)c1. The highest BCUT2D eigenvalue weighted by molar-refractivity contribution is 5.32. The number of aryl methyl sites for hydroxylation is 1. The van der Waals surface area contributed by atoms with Crippen molar-refractivity contribution in [2.45, 2.75) is 89.5 Å². The van der Waals surface area contributed by atoms with Crippen LogP contribution in [0.25, 0.3) is 0 Å². The van der Waals surface area contributed by atoms with Gasteiger partial charge in [0.1, 0.15) is 23.1 Å². The van der Waals surface area contributed by atoms with Gasteiger partial charge in [0, 0.05) is 5.56 Å². The molecule has 230 valence electrons. The predicted octanol–water partition coefficient (Wildman–Crippen LogP) is 10.7. The van der Waals surface area contributed by atoms with Crippen molar-refractivity contribution < 1.29 is 40.2 Å². The monoisotopic (exact) mass is 598 g/mol. The first-order chi connectivity index (χ1) is 19.9. The van der Waals surface area contributed by atoms with Gasteiger partial charge in [0.25, 0.3) is 0 Å². The lowest BCUT2D eigenvalue weighted by Crippen LogP contribution is -2.37. The van der Waals surface area contributed by atoms with E-state index in [1.807, 2.05) is 19.1 Å². The molecule has 0 unspecified atom stereocenters. The third-order valence-electron chi connectivity index (χ3n) is 8.37. The molecular formula is C33H37F7O2. The summed E-state index contributed by atoms with van der Waals surface area (Å²) in [6, 6.07) is 6.85. The minimum absolute atomic E-state index is 0.148. The summed E-state index contributed by atoms with van der Waals surface area (Å²) >= 11 is 0. The third-order valence-corrected chi connectivity index (χ3v) is 8.37. The molecule has 0 radical (unpaired) electrons. The van der Waals surface area contributed by atoms with Crippen LogP contribution in [-0.2, 0) is 6.42 Å². The summed E-state index contributed by atoms with van der Waals surface area (Å²) in [5.74, 6) is -2.36. The van der Waals surface area contributed by atoms with Crippen LogP contribution in [0.15, 0.2) is 60.7 Å². The molecular weight excluding hydrogens is 561 g/mol. The predicted molar refractivity (Wildman–Crippen MR) is 147 cm³/mol. The van der Waals surface area contributed by atoms with Crippen LogP contribution in [0, 0.1) is 29.4 Å². The molecule has 0 spiro atoms. The van der Waals surface area contributed by atoms with E-state index in [2.05, 4.69) is 16.9 Å². The van der Waals surface area contributed by atoms with Gasteiger partial charge in [-0.1, -0.05) is 24.3 Å². The van der Waals surface area contributed by atoms with Crippen molar-refractivity contribution >= 4 is 0 Å². The van der Waals surface area contributed by atoms with Crippen molar-refractivity contribution in [2.24, 2.45) is 17.8 Å². The lowest BCUT2D eigenvalue weighted by atomic mass is 9.76. The Morgan fingerprint density at radius 3 is 1.74 bits per heavy atom. The van der Waals surface area contributed by atoms with Crippen molar-refractivity contribution in [2.75, 3.05) is 0 Å². The molecule has 2 aliphatic rings. The third kappa shape index (κ3) is 9.01. The maximum Gasteiger partial charge on any atom is 0.573 e. The van der Waals surface area contributed by atoms with Gasteiger partial charge in [0.2, 0.25) is 0 Å². The maximum absolute atomic E-state index is 14.8. The lowest BCUT2D eigenvalue weighted by Gasteiger charge is -2.33. The molecule has 0 saturated heterocycles. The molecule has 0 N–H and O–H groups in total. The average Bonchev–Trinajstić information content (AvgIpc) is 2.93. The first kappa shape index (κ1) is 32.0. The maximum atomic E-state index is 14.8. The zero-order valence-corrected chi connectivity index (χ0v) is 23.6. The van der Waals surface area contributed by atoms with Gasteiger partial charge >= 0.3 is 12.5 Å². The van der Waals surface area contributed by atoms with Gasteiger partial charge < -0.3 is 9.47 Å². The highest BCUT2D eigenvalue weighted by Crippen LogP contribution is 2.42. The Hall–Kier alpha value is -2.97. The average molecular weight is 599 g/mol. The number of alkyl halides is 5. The van der Waals surface area contributed by atoms with E-state index in [0.29, 0.717) is 43.6 Å². The van der Waals surface area contributed by atoms with Gasteiger partial charge in [-0.2, -0.15) is 8.78 Å². The fraction of sp³-hybridized carbons (Fsp3) is 0.515. The van der Waals surface area contributed by atoms with Crippen LogP contribution in [0.3, 0.4) is 0 Å². The van der Waals surface area contributed by atoms with Gasteiger partial charge in [-0.3, -0.25) is 0 Å². The molecule has 0 atom stereocenters. The van der Waals surface area contributed by atoms with Crippen molar-refractivity contribution in [3.63, 3.8) is 0 Å². The fourth-order valence-electron chi connectivity index (χ4n) is 6.10. The molecule has 0 aliphatic heterocycles. The number of benzene rings is 2. The Morgan fingerprint density at radius 1 is 0.738 bits per heavy atom. The van der Waals surface area contributed by atoms with E-state index in [4.69, 9.17) is 4.74 Å². The van der Waals surface area contributed by atoms with E-state index in [1.165, 1.54) is 12.1 Å². The number of allylic oxidation sites excluding steroid dienone is 4. The largest absolute Gasteiger partial charge is 0.573 e. The van der Waals surface area contributed by atoms with Crippen LogP contribution in [0.1, 0.15) is 81.8 Å². The molecule has 9 heteroatoms. The van der Waals surface area contributed by atoms with Crippen molar-refractivity contribution in [3.8, 4) is 11.5 Å². The van der Waals surface area contributed by atoms with Gasteiger partial charge in [-0.05, 0) is 131 Å². The van der Waals surface area contributed by atoms with Crippen LogP contribution in [0.2, 0.25) is 0 Å². The van der Waals surface area contributed by atoms with Crippen molar-refractivity contribution in [1.82, 2.24) is 0 Å². The van der Waals surface area contributed by atoms with E-state index in [0.717, 1.165) is 43.5 Å². The highest BCUT2D eigenvalue weighted by atomic mass is 19.4. The van der Waals surface area contributed by atoms with Crippen molar-refractivity contribution in [1.29, 1.82) is 0 Å². The van der Waals surface area contributed by atoms with Crippen LogP contribution in [0.5, 0.6) is 11.5 Å².